The third-order valence-corrected chi connectivity index (χ3v) is 4.79. The van der Waals surface area contributed by atoms with Gasteiger partial charge in [-0.15, -0.1) is 0 Å². The van der Waals surface area contributed by atoms with Gasteiger partial charge in [0.1, 0.15) is 12.2 Å². The van der Waals surface area contributed by atoms with Gasteiger partial charge in [0.05, 0.1) is 11.5 Å². The lowest BCUT2D eigenvalue weighted by Crippen LogP contribution is -2.31. The summed E-state index contributed by atoms with van der Waals surface area (Å²) in [5.41, 5.74) is -0.218. The first-order chi connectivity index (χ1) is 9.60. The van der Waals surface area contributed by atoms with Crippen molar-refractivity contribution in [2.24, 2.45) is 17.3 Å². The first-order valence-corrected chi connectivity index (χ1v) is 7.88. The smallest absolute Gasteiger partial charge is 0.138 e. The molecular formula is C16H26N4. The Labute approximate surface area is 122 Å². The maximum absolute atomic E-state index is 9.68. The molecule has 1 saturated carbocycles. The Bertz CT molecular complexity index is 461. The molecule has 0 radical (unpaired) electrons. The molecule has 1 aliphatic rings. The summed E-state index contributed by atoms with van der Waals surface area (Å²) < 4.78 is 1.97. The van der Waals surface area contributed by atoms with Gasteiger partial charge in [-0.25, -0.2) is 4.98 Å². The Morgan fingerprint density at radius 2 is 2.15 bits per heavy atom. The molecule has 0 atom stereocenters. The lowest BCUT2D eigenvalue weighted by molar-refractivity contribution is 0.171. The molecule has 1 aromatic rings. The van der Waals surface area contributed by atoms with Crippen LogP contribution in [0.5, 0.6) is 0 Å². The van der Waals surface area contributed by atoms with Crippen LogP contribution in [-0.2, 0) is 13.0 Å². The van der Waals surface area contributed by atoms with Crippen molar-refractivity contribution in [1.82, 2.24) is 14.8 Å². The van der Waals surface area contributed by atoms with E-state index in [9.17, 15) is 5.26 Å². The fourth-order valence-electron chi connectivity index (χ4n) is 3.31. The molecule has 1 heterocycles. The summed E-state index contributed by atoms with van der Waals surface area (Å²) in [6.45, 7) is 7.62. The van der Waals surface area contributed by atoms with E-state index in [0.29, 0.717) is 0 Å². The molecule has 20 heavy (non-hydrogen) atoms. The molecule has 1 aliphatic carbocycles. The zero-order valence-corrected chi connectivity index (χ0v) is 13.0. The van der Waals surface area contributed by atoms with Crippen LogP contribution in [0.25, 0.3) is 0 Å². The molecule has 0 saturated heterocycles. The predicted octanol–water partition coefficient (Wildman–Crippen LogP) is 3.59. The number of rotatable bonds is 5. The Kier molecular flexibility index (Phi) is 4.80. The summed E-state index contributed by atoms with van der Waals surface area (Å²) in [6.07, 6.45) is 7.78. The minimum Gasteiger partial charge on any atom is -0.250 e. The van der Waals surface area contributed by atoms with E-state index >= 15 is 0 Å². The molecule has 2 rings (SSSR count). The molecule has 1 fully saturated rings. The average molecular weight is 274 g/mol. The van der Waals surface area contributed by atoms with Crippen molar-refractivity contribution < 1.29 is 0 Å². The van der Waals surface area contributed by atoms with Gasteiger partial charge in [0, 0.05) is 13.0 Å². The van der Waals surface area contributed by atoms with Crippen molar-refractivity contribution in [3.05, 3.63) is 12.2 Å². The van der Waals surface area contributed by atoms with Crippen LogP contribution in [0.15, 0.2) is 6.33 Å². The largest absolute Gasteiger partial charge is 0.250 e. The van der Waals surface area contributed by atoms with Gasteiger partial charge in [0.25, 0.3) is 0 Å². The predicted molar refractivity (Wildman–Crippen MR) is 78.9 cm³/mol. The van der Waals surface area contributed by atoms with Crippen LogP contribution in [-0.4, -0.2) is 14.8 Å². The number of aryl methyl sites for hydroxylation is 1. The highest BCUT2D eigenvalue weighted by atomic mass is 15.3. The van der Waals surface area contributed by atoms with Crippen LogP contribution in [0, 0.1) is 28.6 Å². The normalized spacial score (nSPS) is 26.6. The maximum Gasteiger partial charge on any atom is 0.138 e. The van der Waals surface area contributed by atoms with Crippen molar-refractivity contribution in [3.63, 3.8) is 0 Å². The van der Waals surface area contributed by atoms with Crippen LogP contribution in [0.3, 0.4) is 0 Å². The standard InChI is InChI=1S/C16H26N4/c1-4-9-20-15(18-12-19-20)10-16(11-17)7-5-14(6-8-16)13(2)3/h12-14H,4-10H2,1-3H3. The van der Waals surface area contributed by atoms with E-state index in [1.165, 1.54) is 12.8 Å². The fourth-order valence-corrected chi connectivity index (χ4v) is 3.31. The van der Waals surface area contributed by atoms with Gasteiger partial charge < -0.3 is 0 Å². The molecule has 0 spiro atoms. The third-order valence-electron chi connectivity index (χ3n) is 4.79. The molecule has 4 heteroatoms. The summed E-state index contributed by atoms with van der Waals surface area (Å²) in [4.78, 5) is 4.38. The molecule has 0 unspecified atom stereocenters. The maximum atomic E-state index is 9.68. The highest BCUT2D eigenvalue weighted by Crippen LogP contribution is 2.42. The fraction of sp³-hybridized carbons (Fsp3) is 0.812. The summed E-state index contributed by atoms with van der Waals surface area (Å²) in [6, 6.07) is 2.60. The van der Waals surface area contributed by atoms with E-state index in [4.69, 9.17) is 0 Å². The Balaban J connectivity index is 2.06. The minimum absolute atomic E-state index is 0.218. The van der Waals surface area contributed by atoms with Gasteiger partial charge in [0.15, 0.2) is 0 Å². The topological polar surface area (TPSA) is 54.5 Å². The van der Waals surface area contributed by atoms with Gasteiger partial charge in [0.2, 0.25) is 0 Å². The number of hydrogen-bond donors (Lipinski definition) is 0. The van der Waals surface area contributed by atoms with E-state index in [0.717, 1.165) is 49.9 Å². The Morgan fingerprint density at radius 3 is 2.70 bits per heavy atom. The van der Waals surface area contributed by atoms with E-state index in [1.54, 1.807) is 6.33 Å². The molecule has 0 aliphatic heterocycles. The number of hydrogen-bond acceptors (Lipinski definition) is 3. The molecule has 1 aromatic heterocycles. The third kappa shape index (κ3) is 3.20. The molecule has 0 N–H and O–H groups in total. The van der Waals surface area contributed by atoms with E-state index in [2.05, 4.69) is 36.9 Å². The summed E-state index contributed by atoms with van der Waals surface area (Å²) in [7, 11) is 0. The number of aromatic nitrogens is 3. The van der Waals surface area contributed by atoms with Gasteiger partial charge in [-0.3, -0.25) is 4.68 Å². The van der Waals surface area contributed by atoms with Crippen LogP contribution >= 0.6 is 0 Å². The van der Waals surface area contributed by atoms with Crippen molar-refractivity contribution in [3.8, 4) is 6.07 Å². The van der Waals surface area contributed by atoms with Gasteiger partial charge in [-0.2, -0.15) is 10.4 Å². The molecule has 4 nitrogen and oxygen atoms in total. The summed E-state index contributed by atoms with van der Waals surface area (Å²) in [5, 5.41) is 14.0. The van der Waals surface area contributed by atoms with Crippen molar-refractivity contribution in [1.29, 1.82) is 5.26 Å². The van der Waals surface area contributed by atoms with Crippen LogP contribution in [0.4, 0.5) is 0 Å². The second-order valence-corrected chi connectivity index (χ2v) is 6.55. The van der Waals surface area contributed by atoms with E-state index < -0.39 is 0 Å². The Morgan fingerprint density at radius 1 is 1.45 bits per heavy atom. The first kappa shape index (κ1) is 15.0. The lowest BCUT2D eigenvalue weighted by Gasteiger charge is -2.36. The van der Waals surface area contributed by atoms with Crippen LogP contribution in [0.2, 0.25) is 0 Å². The minimum atomic E-state index is -0.218. The van der Waals surface area contributed by atoms with Crippen molar-refractivity contribution in [2.75, 3.05) is 0 Å². The zero-order valence-electron chi connectivity index (χ0n) is 13.0. The first-order valence-electron chi connectivity index (χ1n) is 7.88. The lowest BCUT2D eigenvalue weighted by atomic mass is 9.67. The van der Waals surface area contributed by atoms with Gasteiger partial charge in [-0.1, -0.05) is 20.8 Å². The van der Waals surface area contributed by atoms with Crippen molar-refractivity contribution >= 4 is 0 Å². The second-order valence-electron chi connectivity index (χ2n) is 6.55. The SMILES string of the molecule is CCCn1ncnc1CC1(C#N)CCC(C(C)C)CC1. The highest BCUT2D eigenvalue weighted by molar-refractivity contribution is 5.07. The molecule has 0 aromatic carbocycles. The molecule has 0 bridgehead atoms. The van der Waals surface area contributed by atoms with Crippen molar-refractivity contribution in [2.45, 2.75) is 65.8 Å². The quantitative estimate of drug-likeness (QED) is 0.824. The van der Waals surface area contributed by atoms with Gasteiger partial charge >= 0.3 is 0 Å². The molecular weight excluding hydrogens is 248 g/mol. The molecule has 110 valence electrons. The molecule has 0 amide bonds. The van der Waals surface area contributed by atoms with Gasteiger partial charge in [-0.05, 0) is 43.9 Å². The number of nitriles is 1. The average Bonchev–Trinajstić information content (AvgIpc) is 2.87. The van der Waals surface area contributed by atoms with E-state index in [-0.39, 0.29) is 5.41 Å². The summed E-state index contributed by atoms with van der Waals surface area (Å²) >= 11 is 0. The van der Waals surface area contributed by atoms with Crippen LogP contribution in [0.1, 0.15) is 58.7 Å². The Hall–Kier alpha value is -1.37. The summed E-state index contributed by atoms with van der Waals surface area (Å²) in [5.74, 6) is 2.50. The monoisotopic (exact) mass is 274 g/mol. The second kappa shape index (κ2) is 6.39. The van der Waals surface area contributed by atoms with Crippen LogP contribution < -0.4 is 0 Å². The highest BCUT2D eigenvalue weighted by Gasteiger charge is 2.37. The van der Waals surface area contributed by atoms with E-state index in [1.807, 2.05) is 4.68 Å². The zero-order chi connectivity index (χ0) is 14.6. The number of nitrogens with zero attached hydrogens (tertiary/aromatic N) is 4.